The van der Waals surface area contributed by atoms with E-state index in [9.17, 15) is 0 Å². The zero-order valence-electron chi connectivity index (χ0n) is 6.92. The molecule has 0 aliphatic heterocycles. The van der Waals surface area contributed by atoms with Gasteiger partial charge in [-0.05, 0) is 32.5 Å². The van der Waals surface area contributed by atoms with Crippen LogP contribution in [-0.2, 0) is 4.43 Å². The van der Waals surface area contributed by atoms with E-state index in [0.717, 1.165) is 6.42 Å². The van der Waals surface area contributed by atoms with Crippen molar-refractivity contribution in [2.45, 2.75) is 32.2 Å². The fourth-order valence-corrected chi connectivity index (χ4v) is 2.12. The van der Waals surface area contributed by atoms with Crippen LogP contribution < -0.4 is 0 Å². The topological polar surface area (TPSA) is 9.23 Å². The maximum Gasteiger partial charge on any atom is 0.184 e. The van der Waals surface area contributed by atoms with E-state index in [1.54, 1.807) is 0 Å². The molecule has 10 heavy (non-hydrogen) atoms. The lowest BCUT2D eigenvalue weighted by Gasteiger charge is -2.21. The molecule has 1 rings (SSSR count). The maximum atomic E-state index is 5.82. The third-order valence-electron chi connectivity index (χ3n) is 1.34. The van der Waals surface area contributed by atoms with Gasteiger partial charge in [-0.25, -0.2) is 0 Å². The molecular formula is C8H15OSi. The number of hydrogen-bond acceptors (Lipinski definition) is 1. The van der Waals surface area contributed by atoms with Crippen molar-refractivity contribution >= 4 is 8.32 Å². The zero-order chi connectivity index (χ0) is 7.61. The van der Waals surface area contributed by atoms with Crippen LogP contribution in [0.25, 0.3) is 0 Å². The maximum absolute atomic E-state index is 5.82. The molecule has 0 bridgehead atoms. The summed E-state index contributed by atoms with van der Waals surface area (Å²) < 4.78 is 5.82. The van der Waals surface area contributed by atoms with Crippen LogP contribution in [0.4, 0.5) is 0 Å². The standard InChI is InChI=1S/C8H15OSi/c1-10(2,3)9-8-6-4-5-7-8/h4-6,8H,7H2,1-3H3. The molecule has 0 N–H and O–H groups in total. The minimum atomic E-state index is -1.29. The van der Waals surface area contributed by atoms with Gasteiger partial charge in [0.2, 0.25) is 0 Å². The molecule has 0 aromatic rings. The van der Waals surface area contributed by atoms with Crippen LogP contribution in [0, 0.1) is 6.42 Å². The predicted octanol–water partition coefficient (Wildman–Crippen LogP) is 2.37. The summed E-state index contributed by atoms with van der Waals surface area (Å²) in [5, 5.41) is 0. The Morgan fingerprint density at radius 3 is 2.50 bits per heavy atom. The molecule has 1 atom stereocenters. The molecule has 1 unspecified atom stereocenters. The third-order valence-corrected chi connectivity index (χ3v) is 2.35. The molecule has 2 heteroatoms. The summed E-state index contributed by atoms with van der Waals surface area (Å²) in [6.45, 7) is 6.66. The van der Waals surface area contributed by atoms with Crippen molar-refractivity contribution in [1.82, 2.24) is 0 Å². The van der Waals surface area contributed by atoms with Gasteiger partial charge in [-0.3, -0.25) is 0 Å². The number of rotatable bonds is 2. The molecule has 57 valence electrons. The highest BCUT2D eigenvalue weighted by atomic mass is 28.4. The van der Waals surface area contributed by atoms with E-state index in [1.165, 1.54) is 0 Å². The molecule has 1 aliphatic rings. The molecule has 0 spiro atoms. The van der Waals surface area contributed by atoms with Crippen LogP contribution in [0.3, 0.4) is 0 Å². The molecular weight excluding hydrogens is 140 g/mol. The average molecular weight is 155 g/mol. The van der Waals surface area contributed by atoms with Gasteiger partial charge < -0.3 is 4.43 Å². The van der Waals surface area contributed by atoms with E-state index >= 15 is 0 Å². The molecule has 1 nitrogen and oxygen atoms in total. The Morgan fingerprint density at radius 1 is 1.40 bits per heavy atom. The molecule has 0 heterocycles. The highest BCUT2D eigenvalue weighted by Crippen LogP contribution is 2.17. The van der Waals surface area contributed by atoms with E-state index in [-0.39, 0.29) is 0 Å². The smallest absolute Gasteiger partial charge is 0.184 e. The van der Waals surface area contributed by atoms with E-state index in [4.69, 9.17) is 4.43 Å². The van der Waals surface area contributed by atoms with Crippen LogP contribution >= 0.6 is 0 Å². The molecule has 1 aliphatic carbocycles. The van der Waals surface area contributed by atoms with Gasteiger partial charge in [0.05, 0.1) is 6.10 Å². The SMILES string of the molecule is C[Si](C)(C)OC1C=C[CH]C1. The number of allylic oxidation sites excluding steroid dienone is 1. The van der Waals surface area contributed by atoms with Crippen molar-refractivity contribution in [1.29, 1.82) is 0 Å². The van der Waals surface area contributed by atoms with Gasteiger partial charge >= 0.3 is 0 Å². The molecule has 0 saturated carbocycles. The normalized spacial score (nSPS) is 25.7. The zero-order valence-corrected chi connectivity index (χ0v) is 7.92. The van der Waals surface area contributed by atoms with Gasteiger partial charge in [0.25, 0.3) is 0 Å². The predicted molar refractivity (Wildman–Crippen MR) is 46.3 cm³/mol. The van der Waals surface area contributed by atoms with E-state index < -0.39 is 8.32 Å². The van der Waals surface area contributed by atoms with E-state index in [0.29, 0.717) is 6.10 Å². The minimum absolute atomic E-state index is 0.381. The van der Waals surface area contributed by atoms with Crippen LogP contribution in [0.5, 0.6) is 0 Å². The van der Waals surface area contributed by atoms with Gasteiger partial charge in [-0.2, -0.15) is 0 Å². The largest absolute Gasteiger partial charge is 0.411 e. The molecule has 1 radical (unpaired) electrons. The lowest BCUT2D eigenvalue weighted by Crippen LogP contribution is -2.30. The summed E-state index contributed by atoms with van der Waals surface area (Å²) in [5.74, 6) is 0. The van der Waals surface area contributed by atoms with Crippen LogP contribution in [-0.4, -0.2) is 14.4 Å². The Balaban J connectivity index is 2.31. The molecule has 0 amide bonds. The average Bonchev–Trinajstić information content (AvgIpc) is 2.12. The fourth-order valence-electron chi connectivity index (χ4n) is 1.04. The number of hydrogen-bond donors (Lipinski definition) is 0. The summed E-state index contributed by atoms with van der Waals surface area (Å²) in [6, 6.07) is 0. The summed E-state index contributed by atoms with van der Waals surface area (Å²) >= 11 is 0. The Bertz CT molecular complexity index is 135. The first-order valence-corrected chi connectivity index (χ1v) is 7.16. The van der Waals surface area contributed by atoms with Crippen LogP contribution in [0.2, 0.25) is 19.6 Å². The minimum Gasteiger partial charge on any atom is -0.411 e. The lowest BCUT2D eigenvalue weighted by molar-refractivity contribution is 0.249. The van der Waals surface area contributed by atoms with Gasteiger partial charge in [0.1, 0.15) is 0 Å². The Morgan fingerprint density at radius 2 is 2.10 bits per heavy atom. The summed E-state index contributed by atoms with van der Waals surface area (Å²) in [7, 11) is -1.29. The van der Waals surface area contributed by atoms with Crippen molar-refractivity contribution in [2.24, 2.45) is 0 Å². The van der Waals surface area contributed by atoms with E-state index in [1.807, 2.05) is 0 Å². The van der Waals surface area contributed by atoms with E-state index in [2.05, 4.69) is 38.2 Å². The molecule has 0 saturated heterocycles. The van der Waals surface area contributed by atoms with Crippen LogP contribution in [0.15, 0.2) is 12.2 Å². The highest BCUT2D eigenvalue weighted by molar-refractivity contribution is 6.69. The van der Waals surface area contributed by atoms with Crippen molar-refractivity contribution < 1.29 is 4.43 Å². The van der Waals surface area contributed by atoms with Crippen molar-refractivity contribution in [3.63, 3.8) is 0 Å². The fraction of sp³-hybridized carbons (Fsp3) is 0.625. The first-order chi connectivity index (χ1) is 4.58. The highest BCUT2D eigenvalue weighted by Gasteiger charge is 2.20. The monoisotopic (exact) mass is 155 g/mol. The Kier molecular flexibility index (Phi) is 2.31. The van der Waals surface area contributed by atoms with Crippen molar-refractivity contribution in [2.75, 3.05) is 0 Å². The first-order valence-electron chi connectivity index (χ1n) is 3.76. The summed E-state index contributed by atoms with van der Waals surface area (Å²) in [6.07, 6.45) is 7.84. The summed E-state index contributed by atoms with van der Waals surface area (Å²) in [4.78, 5) is 0. The quantitative estimate of drug-likeness (QED) is 0.556. The van der Waals surface area contributed by atoms with Gasteiger partial charge in [0, 0.05) is 0 Å². The second kappa shape index (κ2) is 2.89. The second-order valence-electron chi connectivity index (χ2n) is 3.62. The van der Waals surface area contributed by atoms with Crippen molar-refractivity contribution in [3.05, 3.63) is 18.6 Å². The van der Waals surface area contributed by atoms with Gasteiger partial charge in [0.15, 0.2) is 8.32 Å². The first kappa shape index (κ1) is 8.02. The molecule has 0 aromatic heterocycles. The van der Waals surface area contributed by atoms with Crippen molar-refractivity contribution in [3.8, 4) is 0 Å². The molecule has 0 aromatic carbocycles. The third kappa shape index (κ3) is 2.67. The summed E-state index contributed by atoms with van der Waals surface area (Å²) in [5.41, 5.74) is 0. The molecule has 0 fully saturated rings. The lowest BCUT2D eigenvalue weighted by atomic mass is 10.3. The second-order valence-corrected chi connectivity index (χ2v) is 8.09. The Labute approximate surface area is 64.2 Å². The van der Waals surface area contributed by atoms with Gasteiger partial charge in [-0.15, -0.1) is 0 Å². The Hall–Kier alpha value is -0.0831. The van der Waals surface area contributed by atoms with Crippen LogP contribution in [0.1, 0.15) is 6.42 Å². The van der Waals surface area contributed by atoms with Gasteiger partial charge in [-0.1, -0.05) is 12.2 Å².